The van der Waals surface area contributed by atoms with Crippen molar-refractivity contribution in [2.45, 2.75) is 51.9 Å². The molecule has 0 aromatic heterocycles. The molecule has 0 aromatic rings. The van der Waals surface area contributed by atoms with E-state index in [0.717, 1.165) is 32.8 Å². The molecule has 0 atom stereocenters. The van der Waals surface area contributed by atoms with Gasteiger partial charge in [0, 0.05) is 0 Å². The van der Waals surface area contributed by atoms with Crippen LogP contribution >= 0.6 is 0 Å². The van der Waals surface area contributed by atoms with Gasteiger partial charge in [-0.1, -0.05) is 39.0 Å². The molecular formula is C12H20F2O2. The number of halogens is 2. The number of hydrogen-bond acceptors (Lipinski definition) is 2. The standard InChI is InChI=1S/C12H20F2O2/c1-3-4-5-6-7-8-9-10(11(13)14)12(15)16-2/h3-9H2,1-2H3. The smallest absolute Gasteiger partial charge is 0.339 e. The number of carbonyl (C=O) groups excluding carboxylic acids is 1. The third-order valence-corrected chi connectivity index (χ3v) is 2.44. The maximum absolute atomic E-state index is 12.3. The van der Waals surface area contributed by atoms with Gasteiger partial charge in [-0.3, -0.25) is 0 Å². The molecule has 0 aromatic carbocycles. The van der Waals surface area contributed by atoms with Crippen LogP contribution in [0.25, 0.3) is 0 Å². The number of esters is 1. The fourth-order valence-corrected chi connectivity index (χ4v) is 1.48. The Morgan fingerprint density at radius 3 is 2.12 bits per heavy atom. The first kappa shape index (κ1) is 15.1. The monoisotopic (exact) mass is 234 g/mol. The Labute approximate surface area is 95.7 Å². The van der Waals surface area contributed by atoms with Crippen molar-refractivity contribution >= 4 is 5.97 Å². The maximum atomic E-state index is 12.3. The molecule has 0 bridgehead atoms. The van der Waals surface area contributed by atoms with Gasteiger partial charge in [0.15, 0.2) is 0 Å². The molecule has 0 radical (unpaired) electrons. The highest BCUT2D eigenvalue weighted by Crippen LogP contribution is 2.18. The highest BCUT2D eigenvalue weighted by atomic mass is 19.3. The molecule has 0 rings (SSSR count). The number of rotatable bonds is 8. The lowest BCUT2D eigenvalue weighted by atomic mass is 10.1. The van der Waals surface area contributed by atoms with Crippen LogP contribution in [0.5, 0.6) is 0 Å². The highest BCUT2D eigenvalue weighted by Gasteiger charge is 2.15. The minimum atomic E-state index is -1.92. The van der Waals surface area contributed by atoms with E-state index in [1.807, 2.05) is 0 Å². The Bertz CT molecular complexity index is 233. The van der Waals surface area contributed by atoms with Crippen LogP contribution in [-0.2, 0) is 9.53 Å². The van der Waals surface area contributed by atoms with E-state index in [9.17, 15) is 13.6 Å². The van der Waals surface area contributed by atoms with Crippen molar-refractivity contribution in [3.05, 3.63) is 11.7 Å². The zero-order chi connectivity index (χ0) is 12.4. The normalized spacial score (nSPS) is 10.0. The summed E-state index contributed by atoms with van der Waals surface area (Å²) < 4.78 is 29.0. The van der Waals surface area contributed by atoms with Crippen molar-refractivity contribution in [1.29, 1.82) is 0 Å². The number of carbonyl (C=O) groups is 1. The molecule has 0 aliphatic heterocycles. The summed E-state index contributed by atoms with van der Waals surface area (Å²) in [5, 5.41) is 0. The highest BCUT2D eigenvalue weighted by molar-refractivity contribution is 5.88. The second-order valence-electron chi connectivity index (χ2n) is 3.75. The summed E-state index contributed by atoms with van der Waals surface area (Å²) in [6, 6.07) is 0. The molecule has 94 valence electrons. The number of hydrogen-bond donors (Lipinski definition) is 0. The first-order valence-electron chi connectivity index (χ1n) is 5.76. The Balaban J connectivity index is 3.80. The molecule has 4 heteroatoms. The lowest BCUT2D eigenvalue weighted by Gasteiger charge is -2.04. The zero-order valence-corrected chi connectivity index (χ0v) is 10.0. The second-order valence-corrected chi connectivity index (χ2v) is 3.75. The van der Waals surface area contributed by atoms with E-state index in [2.05, 4.69) is 11.7 Å². The molecule has 0 amide bonds. The lowest BCUT2D eigenvalue weighted by molar-refractivity contribution is -0.136. The summed E-state index contributed by atoms with van der Waals surface area (Å²) in [6.07, 6.45) is 4.20. The SMILES string of the molecule is CCCCCCCCC(C(=O)OC)=C(F)F. The van der Waals surface area contributed by atoms with Gasteiger partial charge in [0.25, 0.3) is 6.08 Å². The number of methoxy groups -OCH3 is 1. The minimum absolute atomic E-state index is 0.112. The van der Waals surface area contributed by atoms with E-state index in [1.165, 1.54) is 6.42 Å². The molecular weight excluding hydrogens is 214 g/mol. The van der Waals surface area contributed by atoms with Crippen molar-refractivity contribution in [2.24, 2.45) is 0 Å². The van der Waals surface area contributed by atoms with Gasteiger partial charge in [0.1, 0.15) is 5.57 Å². The molecule has 0 unspecified atom stereocenters. The summed E-state index contributed by atoms with van der Waals surface area (Å²) in [7, 11) is 1.12. The van der Waals surface area contributed by atoms with Gasteiger partial charge >= 0.3 is 5.97 Å². The number of ether oxygens (including phenoxy) is 1. The van der Waals surface area contributed by atoms with Crippen LogP contribution in [0.15, 0.2) is 11.7 Å². The average Bonchev–Trinajstić information content (AvgIpc) is 2.26. The van der Waals surface area contributed by atoms with E-state index < -0.39 is 17.6 Å². The van der Waals surface area contributed by atoms with Gasteiger partial charge in [-0.05, 0) is 12.8 Å². The van der Waals surface area contributed by atoms with Gasteiger partial charge < -0.3 is 4.74 Å². The van der Waals surface area contributed by atoms with Crippen molar-refractivity contribution in [2.75, 3.05) is 7.11 Å². The molecule has 0 aliphatic carbocycles. The predicted molar refractivity (Wildman–Crippen MR) is 59.3 cm³/mol. The average molecular weight is 234 g/mol. The first-order valence-corrected chi connectivity index (χ1v) is 5.76. The van der Waals surface area contributed by atoms with E-state index in [0.29, 0.717) is 6.42 Å². The fourth-order valence-electron chi connectivity index (χ4n) is 1.48. The van der Waals surface area contributed by atoms with Gasteiger partial charge in [-0.2, -0.15) is 8.78 Å². The molecule has 0 heterocycles. The molecule has 0 fully saturated rings. The van der Waals surface area contributed by atoms with Crippen LogP contribution in [-0.4, -0.2) is 13.1 Å². The molecule has 2 nitrogen and oxygen atoms in total. The van der Waals surface area contributed by atoms with Gasteiger partial charge in [-0.25, -0.2) is 4.79 Å². The minimum Gasteiger partial charge on any atom is -0.466 e. The number of unbranched alkanes of at least 4 members (excludes halogenated alkanes) is 5. The Morgan fingerprint density at radius 2 is 1.62 bits per heavy atom. The van der Waals surface area contributed by atoms with Crippen molar-refractivity contribution < 1.29 is 18.3 Å². The van der Waals surface area contributed by atoms with Crippen LogP contribution in [0.4, 0.5) is 8.78 Å². The molecule has 16 heavy (non-hydrogen) atoms. The second kappa shape index (κ2) is 9.31. The van der Waals surface area contributed by atoms with Crippen LogP contribution in [0.3, 0.4) is 0 Å². The van der Waals surface area contributed by atoms with Crippen LogP contribution in [0.2, 0.25) is 0 Å². The lowest BCUT2D eigenvalue weighted by Crippen LogP contribution is -2.05. The van der Waals surface area contributed by atoms with Gasteiger partial charge in [0.2, 0.25) is 0 Å². The van der Waals surface area contributed by atoms with E-state index in [-0.39, 0.29) is 6.42 Å². The van der Waals surface area contributed by atoms with Crippen LogP contribution < -0.4 is 0 Å². The Hall–Kier alpha value is -0.930. The molecule has 0 saturated carbocycles. The molecule has 0 saturated heterocycles. The summed E-state index contributed by atoms with van der Waals surface area (Å²) in [5.74, 6) is -0.909. The topological polar surface area (TPSA) is 26.3 Å². The summed E-state index contributed by atoms with van der Waals surface area (Å²) in [5.41, 5.74) is -0.474. The maximum Gasteiger partial charge on any atom is 0.339 e. The summed E-state index contributed by atoms with van der Waals surface area (Å²) in [6.45, 7) is 2.12. The van der Waals surface area contributed by atoms with Crippen molar-refractivity contribution in [3.8, 4) is 0 Å². The molecule has 0 spiro atoms. The Morgan fingerprint density at radius 1 is 1.06 bits per heavy atom. The molecule has 0 N–H and O–H groups in total. The van der Waals surface area contributed by atoms with Gasteiger partial charge in [-0.15, -0.1) is 0 Å². The summed E-state index contributed by atoms with van der Waals surface area (Å²) in [4.78, 5) is 11.0. The van der Waals surface area contributed by atoms with Crippen LogP contribution in [0, 0.1) is 0 Å². The van der Waals surface area contributed by atoms with Crippen molar-refractivity contribution in [1.82, 2.24) is 0 Å². The van der Waals surface area contributed by atoms with E-state index in [4.69, 9.17) is 0 Å². The van der Waals surface area contributed by atoms with Crippen LogP contribution in [0.1, 0.15) is 51.9 Å². The van der Waals surface area contributed by atoms with Gasteiger partial charge in [0.05, 0.1) is 7.11 Å². The van der Waals surface area contributed by atoms with E-state index >= 15 is 0 Å². The van der Waals surface area contributed by atoms with E-state index in [1.54, 1.807) is 0 Å². The quantitative estimate of drug-likeness (QED) is 0.359. The largest absolute Gasteiger partial charge is 0.466 e. The predicted octanol–water partition coefficient (Wildman–Crippen LogP) is 4.06. The third kappa shape index (κ3) is 6.53. The fraction of sp³-hybridized carbons (Fsp3) is 0.750. The summed E-state index contributed by atoms with van der Waals surface area (Å²) >= 11 is 0. The van der Waals surface area contributed by atoms with Crippen molar-refractivity contribution in [3.63, 3.8) is 0 Å². The first-order chi connectivity index (χ1) is 7.63. The molecule has 0 aliphatic rings. The third-order valence-electron chi connectivity index (χ3n) is 2.44. The Kier molecular flexibility index (Phi) is 8.77. The zero-order valence-electron chi connectivity index (χ0n) is 10.0.